The second-order valence-corrected chi connectivity index (χ2v) is 4.23. The van der Waals surface area contributed by atoms with Crippen LogP contribution in [0.15, 0.2) is 0 Å². The molecule has 7 heteroatoms. The lowest BCUT2D eigenvalue weighted by atomic mass is 10.2. The van der Waals surface area contributed by atoms with Crippen LogP contribution in [0.25, 0.3) is 0 Å². The van der Waals surface area contributed by atoms with Gasteiger partial charge in [-0.1, -0.05) is 0 Å². The smallest absolute Gasteiger partial charge is 0.327 e. The van der Waals surface area contributed by atoms with Crippen molar-refractivity contribution in [3.8, 4) is 0 Å². The maximum Gasteiger partial charge on any atom is 0.327 e. The second-order valence-electron chi connectivity index (χ2n) is 4.23. The molecule has 2 unspecified atom stereocenters. The molecule has 0 fully saturated rings. The third kappa shape index (κ3) is 6.19. The normalized spacial score (nSPS) is 13.5. The Hall–Kier alpha value is -1.63. The summed E-state index contributed by atoms with van der Waals surface area (Å²) < 4.78 is 0. The van der Waals surface area contributed by atoms with E-state index in [2.05, 4.69) is 10.6 Å². The molecule has 3 N–H and O–H groups in total. The average Bonchev–Trinajstić information content (AvgIpc) is 2.34. The van der Waals surface area contributed by atoms with Gasteiger partial charge in [0.1, 0.15) is 6.04 Å². The molecule has 19 heavy (non-hydrogen) atoms. The van der Waals surface area contributed by atoms with Crippen molar-refractivity contribution in [2.45, 2.75) is 39.8 Å². The van der Waals surface area contributed by atoms with Crippen LogP contribution in [0.3, 0.4) is 0 Å². The molecule has 0 bridgehead atoms. The van der Waals surface area contributed by atoms with Gasteiger partial charge in [0.05, 0.1) is 6.04 Å². The minimum Gasteiger partial charge on any atom is -0.480 e. The van der Waals surface area contributed by atoms with Gasteiger partial charge in [0.15, 0.2) is 0 Å². The third-order valence-electron chi connectivity index (χ3n) is 2.75. The molecule has 0 aliphatic rings. The molecular weight excluding hydrogens is 250 g/mol. The molecule has 0 radical (unpaired) electrons. The summed E-state index contributed by atoms with van der Waals surface area (Å²) in [4.78, 5) is 35.4. The number of amides is 2. The molecule has 0 saturated heterocycles. The van der Waals surface area contributed by atoms with Gasteiger partial charge < -0.3 is 20.6 Å². The monoisotopic (exact) mass is 273 g/mol. The Bertz CT molecular complexity index is 329. The number of carboxylic acid groups (broad SMARTS) is 1. The SMILES string of the molecule is CCN(CC)C(=O)C(C)NCC(NC(C)=O)C(=O)O. The highest BCUT2D eigenvalue weighted by molar-refractivity contribution is 5.83. The molecular formula is C12H23N3O4. The molecule has 7 nitrogen and oxygen atoms in total. The first-order valence-corrected chi connectivity index (χ1v) is 6.35. The van der Waals surface area contributed by atoms with Crippen molar-refractivity contribution in [3.63, 3.8) is 0 Å². The molecule has 0 rings (SSSR count). The maximum atomic E-state index is 11.9. The van der Waals surface area contributed by atoms with E-state index in [4.69, 9.17) is 5.11 Å². The average molecular weight is 273 g/mol. The fraction of sp³-hybridized carbons (Fsp3) is 0.750. The summed E-state index contributed by atoms with van der Waals surface area (Å²) in [7, 11) is 0. The van der Waals surface area contributed by atoms with E-state index < -0.39 is 24.0 Å². The summed E-state index contributed by atoms with van der Waals surface area (Å²) in [6.45, 7) is 7.90. The summed E-state index contributed by atoms with van der Waals surface area (Å²) in [6.07, 6.45) is 0. The number of nitrogens with one attached hydrogen (secondary N) is 2. The molecule has 0 aliphatic carbocycles. The molecule has 0 aromatic carbocycles. The van der Waals surface area contributed by atoms with E-state index in [1.165, 1.54) is 6.92 Å². The van der Waals surface area contributed by atoms with E-state index in [9.17, 15) is 14.4 Å². The number of rotatable bonds is 8. The molecule has 0 saturated carbocycles. The van der Waals surface area contributed by atoms with Crippen LogP contribution in [-0.4, -0.2) is 59.5 Å². The highest BCUT2D eigenvalue weighted by atomic mass is 16.4. The summed E-state index contributed by atoms with van der Waals surface area (Å²) >= 11 is 0. The lowest BCUT2D eigenvalue weighted by Gasteiger charge is -2.24. The van der Waals surface area contributed by atoms with Crippen LogP contribution in [0.1, 0.15) is 27.7 Å². The van der Waals surface area contributed by atoms with E-state index in [0.29, 0.717) is 13.1 Å². The van der Waals surface area contributed by atoms with E-state index in [0.717, 1.165) is 0 Å². The van der Waals surface area contributed by atoms with E-state index >= 15 is 0 Å². The largest absolute Gasteiger partial charge is 0.480 e. The molecule has 2 atom stereocenters. The third-order valence-corrected chi connectivity index (χ3v) is 2.75. The number of aliphatic carboxylic acids is 1. The predicted octanol–water partition coefficient (Wildman–Crippen LogP) is -0.578. The van der Waals surface area contributed by atoms with E-state index in [-0.39, 0.29) is 12.5 Å². The number of nitrogens with zero attached hydrogens (tertiary/aromatic N) is 1. The van der Waals surface area contributed by atoms with Gasteiger partial charge in [0.25, 0.3) is 0 Å². The summed E-state index contributed by atoms with van der Waals surface area (Å²) in [5, 5.41) is 14.1. The lowest BCUT2D eigenvalue weighted by Crippen LogP contribution is -2.52. The Labute approximate surface area is 113 Å². The van der Waals surface area contributed by atoms with Crippen molar-refractivity contribution in [1.82, 2.24) is 15.5 Å². The van der Waals surface area contributed by atoms with Gasteiger partial charge in [0, 0.05) is 26.6 Å². The number of hydrogen-bond acceptors (Lipinski definition) is 4. The Balaban J connectivity index is 4.39. The number of likely N-dealkylation sites (N-methyl/N-ethyl adjacent to an activating group) is 1. The lowest BCUT2D eigenvalue weighted by molar-refractivity contribution is -0.141. The van der Waals surface area contributed by atoms with Crippen LogP contribution in [0.4, 0.5) is 0 Å². The second kappa shape index (κ2) is 8.47. The van der Waals surface area contributed by atoms with Crippen LogP contribution in [0.2, 0.25) is 0 Å². The number of carbonyl (C=O) groups excluding carboxylic acids is 2. The highest BCUT2D eigenvalue weighted by Crippen LogP contribution is 1.95. The molecule has 110 valence electrons. The number of hydrogen-bond donors (Lipinski definition) is 3. The summed E-state index contributed by atoms with van der Waals surface area (Å²) in [6, 6.07) is -1.53. The standard InChI is InChI=1S/C12H23N3O4/c1-5-15(6-2)11(17)8(3)13-7-10(12(18)19)14-9(4)16/h8,10,13H,5-7H2,1-4H3,(H,14,16)(H,18,19). The van der Waals surface area contributed by atoms with E-state index in [1.807, 2.05) is 13.8 Å². The van der Waals surface area contributed by atoms with Crippen molar-refractivity contribution >= 4 is 17.8 Å². The topological polar surface area (TPSA) is 98.7 Å². The first-order valence-electron chi connectivity index (χ1n) is 6.35. The molecule has 0 aliphatic heterocycles. The number of carboxylic acids is 1. The minimum atomic E-state index is -1.13. The zero-order valence-corrected chi connectivity index (χ0v) is 11.9. The number of carbonyl (C=O) groups is 3. The maximum absolute atomic E-state index is 11.9. The van der Waals surface area contributed by atoms with Crippen LogP contribution < -0.4 is 10.6 Å². The minimum absolute atomic E-state index is 0.00306. The van der Waals surface area contributed by atoms with Crippen molar-refractivity contribution in [2.24, 2.45) is 0 Å². The zero-order valence-electron chi connectivity index (χ0n) is 11.9. The van der Waals surface area contributed by atoms with Crippen molar-refractivity contribution in [3.05, 3.63) is 0 Å². The van der Waals surface area contributed by atoms with Crippen LogP contribution in [0, 0.1) is 0 Å². The fourth-order valence-electron chi connectivity index (χ4n) is 1.64. The predicted molar refractivity (Wildman–Crippen MR) is 70.6 cm³/mol. The van der Waals surface area contributed by atoms with Gasteiger partial charge in [0.2, 0.25) is 11.8 Å². The van der Waals surface area contributed by atoms with Gasteiger partial charge in [-0.2, -0.15) is 0 Å². The first-order chi connectivity index (χ1) is 8.83. The van der Waals surface area contributed by atoms with Gasteiger partial charge in [-0.3, -0.25) is 9.59 Å². The van der Waals surface area contributed by atoms with Crippen LogP contribution >= 0.6 is 0 Å². The van der Waals surface area contributed by atoms with E-state index in [1.54, 1.807) is 11.8 Å². The first kappa shape index (κ1) is 17.4. The van der Waals surface area contributed by atoms with Gasteiger partial charge in [-0.05, 0) is 20.8 Å². The molecule has 0 aromatic heterocycles. The fourth-order valence-corrected chi connectivity index (χ4v) is 1.64. The Kier molecular flexibility index (Phi) is 7.74. The quantitative estimate of drug-likeness (QED) is 0.549. The molecule has 2 amide bonds. The van der Waals surface area contributed by atoms with Crippen LogP contribution in [0.5, 0.6) is 0 Å². The Morgan fingerprint density at radius 2 is 1.74 bits per heavy atom. The highest BCUT2D eigenvalue weighted by Gasteiger charge is 2.22. The molecule has 0 spiro atoms. The Morgan fingerprint density at radius 3 is 2.11 bits per heavy atom. The van der Waals surface area contributed by atoms with Crippen LogP contribution in [-0.2, 0) is 14.4 Å². The molecule has 0 aromatic rings. The summed E-state index contributed by atoms with van der Waals surface area (Å²) in [5.41, 5.74) is 0. The van der Waals surface area contributed by atoms with Gasteiger partial charge >= 0.3 is 5.97 Å². The van der Waals surface area contributed by atoms with Crippen molar-refractivity contribution in [2.75, 3.05) is 19.6 Å². The van der Waals surface area contributed by atoms with Gasteiger partial charge in [-0.25, -0.2) is 4.79 Å². The van der Waals surface area contributed by atoms with Crippen molar-refractivity contribution in [1.29, 1.82) is 0 Å². The molecule has 0 heterocycles. The zero-order chi connectivity index (χ0) is 15.0. The Morgan fingerprint density at radius 1 is 1.21 bits per heavy atom. The van der Waals surface area contributed by atoms with Gasteiger partial charge in [-0.15, -0.1) is 0 Å². The summed E-state index contributed by atoms with van der Waals surface area (Å²) in [5.74, 6) is -1.64. The van der Waals surface area contributed by atoms with Crippen molar-refractivity contribution < 1.29 is 19.5 Å².